The van der Waals surface area contributed by atoms with E-state index in [-0.39, 0.29) is 17.4 Å². The van der Waals surface area contributed by atoms with Gasteiger partial charge in [0, 0.05) is 13.1 Å². The van der Waals surface area contributed by atoms with Crippen LogP contribution in [0.3, 0.4) is 0 Å². The van der Waals surface area contributed by atoms with Gasteiger partial charge in [0.15, 0.2) is 0 Å². The predicted octanol–water partition coefficient (Wildman–Crippen LogP) is -0.351. The van der Waals surface area contributed by atoms with Crippen molar-refractivity contribution >= 4 is 12.4 Å². The minimum absolute atomic E-state index is 0.111. The topological polar surface area (TPSA) is 81.4 Å². The zero-order valence-corrected chi connectivity index (χ0v) is 8.87. The molecule has 1 heterocycles. The summed E-state index contributed by atoms with van der Waals surface area (Å²) >= 11 is 0. The van der Waals surface area contributed by atoms with E-state index < -0.39 is 0 Å². The highest BCUT2D eigenvalue weighted by atomic mass is 16.5. The van der Waals surface area contributed by atoms with Gasteiger partial charge in [-0.25, -0.2) is 0 Å². The largest absolute Gasteiger partial charge is 0.462 e. The minimum Gasteiger partial charge on any atom is -0.462 e. The van der Waals surface area contributed by atoms with Crippen LogP contribution < -0.4 is 11.1 Å². The van der Waals surface area contributed by atoms with Crippen molar-refractivity contribution in [3.05, 3.63) is 0 Å². The molecule has 82 valence electrons. The predicted molar refractivity (Wildman–Crippen MR) is 52.5 cm³/mol. The van der Waals surface area contributed by atoms with Crippen molar-refractivity contribution in [2.45, 2.75) is 26.4 Å². The summed E-state index contributed by atoms with van der Waals surface area (Å²) in [7, 11) is 0. The number of nitrogens with one attached hydrogen (secondary N) is 1. The van der Waals surface area contributed by atoms with Gasteiger partial charge in [0.1, 0.15) is 5.60 Å². The summed E-state index contributed by atoms with van der Waals surface area (Å²) in [5.41, 5.74) is 4.60. The molecule has 0 aliphatic carbocycles. The fourth-order valence-corrected chi connectivity index (χ4v) is 0.634. The Hall–Kier alpha value is -1.10. The van der Waals surface area contributed by atoms with Crippen LogP contribution in [0, 0.1) is 5.92 Å². The summed E-state index contributed by atoms with van der Waals surface area (Å²) in [6.45, 7) is 7.47. The lowest BCUT2D eigenvalue weighted by molar-refractivity contribution is -0.138. The average molecular weight is 202 g/mol. The maximum absolute atomic E-state index is 10.2. The molecule has 0 aromatic carbocycles. The van der Waals surface area contributed by atoms with E-state index in [4.69, 9.17) is 5.73 Å². The van der Waals surface area contributed by atoms with Gasteiger partial charge < -0.3 is 15.8 Å². The Kier molecular flexibility index (Phi) is 5.15. The standard InChI is InChI=1S/C5H10O2.C4H8N2O/c1-5(2,3)7-4-6;5-4(7)3-1-6-2-3/h4H,1-3H3;3,6H,1-2H2,(H2,5,7). The van der Waals surface area contributed by atoms with Crippen LogP contribution in [0.5, 0.6) is 0 Å². The van der Waals surface area contributed by atoms with Gasteiger partial charge in [-0.05, 0) is 20.8 Å². The summed E-state index contributed by atoms with van der Waals surface area (Å²) in [6, 6.07) is 0. The lowest BCUT2D eigenvalue weighted by Crippen LogP contribution is -2.49. The zero-order chi connectivity index (χ0) is 11.2. The molecule has 0 spiro atoms. The Morgan fingerprint density at radius 2 is 2.00 bits per heavy atom. The van der Waals surface area contributed by atoms with Crippen LogP contribution in [0.4, 0.5) is 0 Å². The normalized spacial score (nSPS) is 15.9. The number of amides is 1. The van der Waals surface area contributed by atoms with Crippen molar-refractivity contribution in [1.29, 1.82) is 0 Å². The number of hydrogen-bond acceptors (Lipinski definition) is 4. The summed E-state index contributed by atoms with van der Waals surface area (Å²) in [5, 5.41) is 2.94. The third-order valence-corrected chi connectivity index (χ3v) is 1.59. The molecule has 0 atom stereocenters. The Morgan fingerprint density at radius 3 is 2.00 bits per heavy atom. The molecule has 0 saturated carbocycles. The van der Waals surface area contributed by atoms with E-state index in [2.05, 4.69) is 10.1 Å². The molecule has 1 rings (SSSR count). The molecule has 1 aliphatic rings. The van der Waals surface area contributed by atoms with Crippen LogP contribution >= 0.6 is 0 Å². The maximum Gasteiger partial charge on any atom is 0.293 e. The van der Waals surface area contributed by atoms with Gasteiger partial charge in [0.05, 0.1) is 5.92 Å². The molecule has 1 saturated heterocycles. The first-order valence-electron chi connectivity index (χ1n) is 4.48. The molecule has 1 fully saturated rings. The molecule has 5 heteroatoms. The SMILES string of the molecule is CC(C)(C)OC=O.NC(=O)C1CNC1. The molecule has 1 amide bonds. The molecular weight excluding hydrogens is 184 g/mol. The molecular formula is C9H18N2O3. The number of primary amides is 1. The summed E-state index contributed by atoms with van der Waals surface area (Å²) in [5.74, 6) is -0.0706. The van der Waals surface area contributed by atoms with E-state index >= 15 is 0 Å². The van der Waals surface area contributed by atoms with Crippen LogP contribution in [0.2, 0.25) is 0 Å². The van der Waals surface area contributed by atoms with Gasteiger partial charge in [0.25, 0.3) is 6.47 Å². The Bertz CT molecular complexity index is 195. The van der Waals surface area contributed by atoms with Crippen molar-refractivity contribution < 1.29 is 14.3 Å². The number of hydrogen-bond donors (Lipinski definition) is 2. The first kappa shape index (κ1) is 12.9. The monoisotopic (exact) mass is 202 g/mol. The van der Waals surface area contributed by atoms with E-state index in [1.807, 2.05) is 20.8 Å². The van der Waals surface area contributed by atoms with E-state index in [1.165, 1.54) is 0 Å². The second kappa shape index (κ2) is 5.59. The number of nitrogens with two attached hydrogens (primary N) is 1. The fourth-order valence-electron chi connectivity index (χ4n) is 0.634. The summed E-state index contributed by atoms with van der Waals surface area (Å²) in [6.07, 6.45) is 0. The maximum atomic E-state index is 10.2. The van der Waals surface area contributed by atoms with Crippen LogP contribution in [0.1, 0.15) is 20.8 Å². The van der Waals surface area contributed by atoms with Crippen molar-refractivity contribution in [3.8, 4) is 0 Å². The third kappa shape index (κ3) is 6.42. The van der Waals surface area contributed by atoms with Crippen LogP contribution in [0.15, 0.2) is 0 Å². The lowest BCUT2D eigenvalue weighted by atomic mass is 10.0. The molecule has 3 N–H and O–H groups in total. The Morgan fingerprint density at radius 1 is 1.50 bits per heavy atom. The molecule has 0 unspecified atom stereocenters. The molecule has 0 aromatic heterocycles. The highest BCUT2D eigenvalue weighted by Gasteiger charge is 2.21. The smallest absolute Gasteiger partial charge is 0.293 e. The van der Waals surface area contributed by atoms with E-state index in [1.54, 1.807) is 0 Å². The van der Waals surface area contributed by atoms with Crippen molar-refractivity contribution in [3.63, 3.8) is 0 Å². The molecule has 0 radical (unpaired) electrons. The molecule has 1 aliphatic heterocycles. The highest BCUT2D eigenvalue weighted by molar-refractivity contribution is 5.78. The average Bonchev–Trinajstić information content (AvgIpc) is 1.78. The van der Waals surface area contributed by atoms with Crippen LogP contribution in [-0.2, 0) is 14.3 Å². The first-order chi connectivity index (χ1) is 6.37. The number of carbonyl (C=O) groups excluding carboxylic acids is 2. The van der Waals surface area contributed by atoms with Crippen molar-refractivity contribution in [1.82, 2.24) is 5.32 Å². The van der Waals surface area contributed by atoms with E-state index in [9.17, 15) is 9.59 Å². The second-order valence-corrected chi connectivity index (χ2v) is 4.08. The van der Waals surface area contributed by atoms with Gasteiger partial charge in [-0.1, -0.05) is 0 Å². The number of rotatable bonds is 2. The second-order valence-electron chi connectivity index (χ2n) is 4.08. The summed E-state index contributed by atoms with van der Waals surface area (Å²) < 4.78 is 4.55. The molecule has 14 heavy (non-hydrogen) atoms. The Labute approximate surface area is 84.0 Å². The van der Waals surface area contributed by atoms with Gasteiger partial charge >= 0.3 is 0 Å². The number of carbonyl (C=O) groups is 2. The van der Waals surface area contributed by atoms with Crippen molar-refractivity contribution in [2.75, 3.05) is 13.1 Å². The van der Waals surface area contributed by atoms with Crippen LogP contribution in [0.25, 0.3) is 0 Å². The fraction of sp³-hybridized carbons (Fsp3) is 0.778. The van der Waals surface area contributed by atoms with E-state index in [0.29, 0.717) is 6.47 Å². The molecule has 5 nitrogen and oxygen atoms in total. The molecule has 0 aromatic rings. The molecule has 0 bridgehead atoms. The van der Waals surface area contributed by atoms with Crippen LogP contribution in [-0.4, -0.2) is 31.1 Å². The van der Waals surface area contributed by atoms with Gasteiger partial charge in [-0.15, -0.1) is 0 Å². The highest BCUT2D eigenvalue weighted by Crippen LogP contribution is 2.02. The van der Waals surface area contributed by atoms with Gasteiger partial charge in [-0.3, -0.25) is 9.59 Å². The zero-order valence-electron chi connectivity index (χ0n) is 8.87. The lowest BCUT2D eigenvalue weighted by Gasteiger charge is -2.22. The number of ether oxygens (including phenoxy) is 1. The summed E-state index contributed by atoms with van der Waals surface area (Å²) in [4.78, 5) is 19.8. The van der Waals surface area contributed by atoms with Gasteiger partial charge in [-0.2, -0.15) is 0 Å². The third-order valence-electron chi connectivity index (χ3n) is 1.59. The first-order valence-corrected chi connectivity index (χ1v) is 4.48. The Balaban J connectivity index is 0.000000241. The van der Waals surface area contributed by atoms with Crippen molar-refractivity contribution in [2.24, 2.45) is 11.7 Å². The quantitative estimate of drug-likeness (QED) is 0.600. The minimum atomic E-state index is -0.318. The van der Waals surface area contributed by atoms with E-state index in [0.717, 1.165) is 13.1 Å². The van der Waals surface area contributed by atoms with Gasteiger partial charge in [0.2, 0.25) is 5.91 Å².